The number of halogens is 1. The Balaban J connectivity index is 2.16. The van der Waals surface area contributed by atoms with Gasteiger partial charge in [0.05, 0.1) is 12.3 Å². The number of methoxy groups -OCH3 is 1. The minimum Gasteiger partial charge on any atom is -0.382 e. The smallest absolute Gasteiger partial charge is 0.259 e. The van der Waals surface area contributed by atoms with Crippen molar-refractivity contribution in [3.63, 3.8) is 0 Å². The van der Waals surface area contributed by atoms with Crippen LogP contribution in [-0.4, -0.2) is 38.0 Å². The molecule has 0 aliphatic carbocycles. The third kappa shape index (κ3) is 2.42. The van der Waals surface area contributed by atoms with E-state index in [1.165, 1.54) is 12.0 Å². The van der Waals surface area contributed by atoms with E-state index >= 15 is 0 Å². The molecule has 2 aromatic rings. The zero-order valence-corrected chi connectivity index (χ0v) is 13.8. The first-order valence-corrected chi connectivity index (χ1v) is 7.67. The fraction of sp³-hybridized carbons (Fsp3) is 0.188. The summed E-state index contributed by atoms with van der Waals surface area (Å²) in [7, 11) is 1.44. The lowest BCUT2D eigenvalue weighted by atomic mass is 10.1. The second kappa shape index (κ2) is 6.10. The predicted octanol–water partition coefficient (Wildman–Crippen LogP) is 1.85. The van der Waals surface area contributed by atoms with Crippen LogP contribution in [0.4, 0.5) is 5.69 Å². The Labute approximate surface area is 140 Å². The van der Waals surface area contributed by atoms with Gasteiger partial charge in [-0.05, 0) is 23.6 Å². The lowest BCUT2D eigenvalue weighted by Gasteiger charge is -2.26. The van der Waals surface area contributed by atoms with Gasteiger partial charge in [-0.3, -0.25) is 24.6 Å². The molecule has 0 saturated carbocycles. The van der Waals surface area contributed by atoms with Crippen LogP contribution in [0.25, 0.3) is 10.8 Å². The van der Waals surface area contributed by atoms with Gasteiger partial charge in [-0.1, -0.05) is 28.1 Å². The molecule has 1 unspecified atom stereocenters. The van der Waals surface area contributed by atoms with Crippen molar-refractivity contribution in [2.75, 3.05) is 18.6 Å². The van der Waals surface area contributed by atoms with Crippen LogP contribution < -0.4 is 10.2 Å². The molecule has 2 aromatic carbocycles. The molecule has 118 valence electrons. The Bertz CT molecular complexity index is 821. The van der Waals surface area contributed by atoms with Crippen LogP contribution >= 0.6 is 15.9 Å². The van der Waals surface area contributed by atoms with Gasteiger partial charge < -0.3 is 4.74 Å². The van der Waals surface area contributed by atoms with Crippen LogP contribution in [-0.2, 0) is 14.3 Å². The molecule has 1 N–H and O–H groups in total. The molecule has 0 radical (unpaired) electrons. The third-order valence-electron chi connectivity index (χ3n) is 3.81. The standard InChI is InChI=1S/C16H13BrN2O4/c1-23-7-13(15(21)18-8-20)19-12-6-5-11(17)9-3-2-4-10(14(9)12)16(19)22/h2-6,8,13H,7H2,1H3,(H,18,20,21). The third-order valence-corrected chi connectivity index (χ3v) is 4.51. The summed E-state index contributed by atoms with van der Waals surface area (Å²) in [6.45, 7) is -0.0169. The van der Waals surface area contributed by atoms with E-state index in [-0.39, 0.29) is 12.5 Å². The highest BCUT2D eigenvalue weighted by Crippen LogP contribution is 2.41. The first kappa shape index (κ1) is 15.6. The van der Waals surface area contributed by atoms with Gasteiger partial charge in [0.15, 0.2) is 0 Å². The van der Waals surface area contributed by atoms with Gasteiger partial charge in [-0.15, -0.1) is 0 Å². The highest BCUT2D eigenvalue weighted by molar-refractivity contribution is 9.10. The van der Waals surface area contributed by atoms with Crippen molar-refractivity contribution in [1.82, 2.24) is 5.32 Å². The summed E-state index contributed by atoms with van der Waals surface area (Å²) in [5.41, 5.74) is 1.16. The minimum absolute atomic E-state index is 0.0169. The van der Waals surface area contributed by atoms with Gasteiger partial charge in [0.2, 0.25) is 6.41 Å². The summed E-state index contributed by atoms with van der Waals surface area (Å²) >= 11 is 3.47. The first-order valence-electron chi connectivity index (χ1n) is 6.88. The Kier molecular flexibility index (Phi) is 4.14. The molecule has 0 spiro atoms. The average molecular weight is 377 g/mol. The van der Waals surface area contributed by atoms with Crippen molar-refractivity contribution in [3.05, 3.63) is 40.4 Å². The van der Waals surface area contributed by atoms with Crippen molar-refractivity contribution in [3.8, 4) is 0 Å². The maximum Gasteiger partial charge on any atom is 0.259 e. The normalized spacial score (nSPS) is 14.2. The Morgan fingerprint density at radius 2 is 2.17 bits per heavy atom. The molecule has 3 rings (SSSR count). The lowest BCUT2D eigenvalue weighted by molar-refractivity contribution is -0.127. The average Bonchev–Trinajstić information content (AvgIpc) is 2.83. The molecule has 1 aliphatic heterocycles. The number of imide groups is 1. The van der Waals surface area contributed by atoms with E-state index in [1.54, 1.807) is 18.2 Å². The number of benzene rings is 2. The van der Waals surface area contributed by atoms with Crippen molar-refractivity contribution in [1.29, 1.82) is 0 Å². The van der Waals surface area contributed by atoms with E-state index in [9.17, 15) is 14.4 Å². The van der Waals surface area contributed by atoms with Crippen LogP contribution in [0.1, 0.15) is 10.4 Å². The number of amides is 3. The molecule has 23 heavy (non-hydrogen) atoms. The number of hydrogen-bond donors (Lipinski definition) is 1. The van der Waals surface area contributed by atoms with Crippen LogP contribution in [0.5, 0.6) is 0 Å². The maximum absolute atomic E-state index is 12.8. The van der Waals surface area contributed by atoms with E-state index in [0.717, 1.165) is 15.2 Å². The van der Waals surface area contributed by atoms with Gasteiger partial charge in [0.25, 0.3) is 11.8 Å². The maximum atomic E-state index is 12.8. The molecule has 0 saturated heterocycles. The van der Waals surface area contributed by atoms with Crippen LogP contribution in [0.2, 0.25) is 0 Å². The number of hydrogen-bond acceptors (Lipinski definition) is 4. The number of nitrogens with one attached hydrogen (secondary N) is 1. The summed E-state index contributed by atoms with van der Waals surface area (Å²) < 4.78 is 5.94. The molecule has 7 heteroatoms. The summed E-state index contributed by atoms with van der Waals surface area (Å²) in [4.78, 5) is 37.0. The topological polar surface area (TPSA) is 75.7 Å². The molecule has 0 fully saturated rings. The van der Waals surface area contributed by atoms with E-state index in [2.05, 4.69) is 21.2 Å². The molecule has 1 heterocycles. The van der Waals surface area contributed by atoms with Gasteiger partial charge in [0.1, 0.15) is 6.04 Å². The van der Waals surface area contributed by atoms with Crippen LogP contribution in [0.3, 0.4) is 0 Å². The van der Waals surface area contributed by atoms with Crippen molar-refractivity contribution in [2.24, 2.45) is 0 Å². The summed E-state index contributed by atoms with van der Waals surface area (Å²) in [5, 5.41) is 3.77. The zero-order valence-electron chi connectivity index (χ0n) is 12.2. The first-order chi connectivity index (χ1) is 11.1. The SMILES string of the molecule is COCC(C(=O)NC=O)N1C(=O)c2cccc3c(Br)ccc1c23. The van der Waals surface area contributed by atoms with E-state index in [1.807, 2.05) is 12.1 Å². The fourth-order valence-electron chi connectivity index (χ4n) is 2.86. The van der Waals surface area contributed by atoms with Gasteiger partial charge >= 0.3 is 0 Å². The van der Waals surface area contributed by atoms with E-state index in [0.29, 0.717) is 17.7 Å². The Morgan fingerprint density at radius 3 is 2.87 bits per heavy atom. The molecule has 1 aliphatic rings. The van der Waals surface area contributed by atoms with Gasteiger partial charge in [0, 0.05) is 22.5 Å². The van der Waals surface area contributed by atoms with Crippen molar-refractivity contribution < 1.29 is 19.1 Å². The number of rotatable bonds is 5. The monoisotopic (exact) mass is 376 g/mol. The minimum atomic E-state index is -0.922. The van der Waals surface area contributed by atoms with E-state index < -0.39 is 11.9 Å². The highest BCUT2D eigenvalue weighted by Gasteiger charge is 2.38. The quantitative estimate of drug-likeness (QED) is 0.808. The van der Waals surface area contributed by atoms with E-state index in [4.69, 9.17) is 4.74 Å². The van der Waals surface area contributed by atoms with Crippen LogP contribution in [0.15, 0.2) is 34.8 Å². The molecule has 0 aromatic heterocycles. The summed E-state index contributed by atoms with van der Waals surface area (Å²) in [6, 6.07) is 8.10. The number of anilines is 1. The Morgan fingerprint density at radius 1 is 1.39 bits per heavy atom. The fourth-order valence-corrected chi connectivity index (χ4v) is 3.32. The summed E-state index contributed by atoms with van der Waals surface area (Å²) in [6.07, 6.45) is 0.301. The molecule has 1 atom stereocenters. The predicted molar refractivity (Wildman–Crippen MR) is 88.3 cm³/mol. The Hall–Kier alpha value is -2.25. The van der Waals surface area contributed by atoms with Gasteiger partial charge in [-0.25, -0.2) is 0 Å². The van der Waals surface area contributed by atoms with Crippen LogP contribution in [0, 0.1) is 0 Å². The molecule has 3 amide bonds. The molecule has 0 bridgehead atoms. The number of carbonyl (C=O) groups is 3. The largest absolute Gasteiger partial charge is 0.382 e. The highest BCUT2D eigenvalue weighted by atomic mass is 79.9. The second-order valence-electron chi connectivity index (χ2n) is 5.07. The number of carbonyl (C=O) groups excluding carboxylic acids is 3. The molecular formula is C16H13BrN2O4. The lowest BCUT2D eigenvalue weighted by Crippen LogP contribution is -2.50. The van der Waals surface area contributed by atoms with Crippen molar-refractivity contribution >= 4 is 50.6 Å². The number of nitrogens with zero attached hydrogens (tertiary/aromatic N) is 1. The second-order valence-corrected chi connectivity index (χ2v) is 5.92. The van der Waals surface area contributed by atoms with Gasteiger partial charge in [-0.2, -0.15) is 0 Å². The number of ether oxygens (including phenoxy) is 1. The molecular weight excluding hydrogens is 364 g/mol. The zero-order chi connectivity index (χ0) is 16.6. The van der Waals surface area contributed by atoms with Crippen molar-refractivity contribution in [2.45, 2.75) is 6.04 Å². The summed E-state index contributed by atoms with van der Waals surface area (Å²) in [5.74, 6) is -0.870. The molecule has 6 nitrogen and oxygen atoms in total.